The number of fused-ring (bicyclic) bond motifs is 1. The summed E-state index contributed by atoms with van der Waals surface area (Å²) in [6.07, 6.45) is 3.63. The van der Waals surface area contributed by atoms with E-state index in [4.69, 9.17) is 14.2 Å². The van der Waals surface area contributed by atoms with Crippen LogP contribution in [0.4, 0.5) is 5.69 Å². The van der Waals surface area contributed by atoms with Crippen LogP contribution in [0.1, 0.15) is 5.69 Å². The first-order valence-electron chi connectivity index (χ1n) is 7.67. The van der Waals surface area contributed by atoms with Crippen LogP contribution in [-0.2, 0) is 20.7 Å². The molecule has 2 aromatic heterocycles. The Morgan fingerprint density at radius 1 is 1.23 bits per heavy atom. The van der Waals surface area contributed by atoms with Gasteiger partial charge in [-0.25, -0.2) is 4.98 Å². The highest BCUT2D eigenvalue weighted by atomic mass is 32.1. The van der Waals surface area contributed by atoms with Gasteiger partial charge in [0, 0.05) is 29.5 Å². The second-order valence-corrected chi connectivity index (χ2v) is 6.15. The lowest BCUT2D eigenvalue weighted by molar-refractivity contribution is -0.146. The smallest absolute Gasteiger partial charge is 0.312 e. The van der Waals surface area contributed by atoms with Crippen LogP contribution in [0, 0.1) is 0 Å². The van der Waals surface area contributed by atoms with Crippen molar-refractivity contribution in [2.45, 2.75) is 6.42 Å². The summed E-state index contributed by atoms with van der Waals surface area (Å²) < 4.78 is 17.1. The van der Waals surface area contributed by atoms with Crippen LogP contribution in [0.25, 0.3) is 4.96 Å². The molecule has 0 fully saturated rings. The van der Waals surface area contributed by atoms with Crippen molar-refractivity contribution in [2.24, 2.45) is 0 Å². The minimum Gasteiger partial charge on any atom is -0.493 e. The number of benzene rings is 1. The summed E-state index contributed by atoms with van der Waals surface area (Å²) in [5.41, 5.74) is 1.11. The van der Waals surface area contributed by atoms with Crippen molar-refractivity contribution in [3.63, 3.8) is 0 Å². The van der Waals surface area contributed by atoms with Gasteiger partial charge in [-0.05, 0) is 12.1 Å². The van der Waals surface area contributed by atoms with E-state index < -0.39 is 11.9 Å². The van der Waals surface area contributed by atoms with Gasteiger partial charge in [0.05, 0.1) is 26.3 Å². The number of nitrogens with zero attached hydrogens (tertiary/aromatic N) is 2. The van der Waals surface area contributed by atoms with E-state index in [0.717, 1.165) is 4.96 Å². The summed E-state index contributed by atoms with van der Waals surface area (Å²) in [5, 5.41) is 4.54. The molecule has 0 unspecified atom stereocenters. The average Bonchev–Trinajstić information content (AvgIpc) is 3.21. The van der Waals surface area contributed by atoms with Gasteiger partial charge in [-0.1, -0.05) is 0 Å². The number of nitrogens with one attached hydrogen (secondary N) is 1. The second-order valence-electron chi connectivity index (χ2n) is 5.28. The summed E-state index contributed by atoms with van der Waals surface area (Å²) in [4.78, 5) is 28.9. The van der Waals surface area contributed by atoms with E-state index >= 15 is 0 Å². The minimum absolute atomic E-state index is 0.0119. The number of amides is 1. The van der Waals surface area contributed by atoms with Crippen LogP contribution in [-0.4, -0.2) is 42.1 Å². The van der Waals surface area contributed by atoms with Gasteiger partial charge in [0.15, 0.2) is 23.1 Å². The van der Waals surface area contributed by atoms with Crippen LogP contribution >= 0.6 is 11.3 Å². The Labute approximate surface area is 153 Å². The number of imidazole rings is 1. The second kappa shape index (κ2) is 7.87. The van der Waals surface area contributed by atoms with E-state index in [1.807, 2.05) is 16.0 Å². The fourth-order valence-electron chi connectivity index (χ4n) is 2.32. The Morgan fingerprint density at radius 2 is 2.04 bits per heavy atom. The number of aromatic nitrogens is 2. The van der Waals surface area contributed by atoms with Gasteiger partial charge in [-0.15, -0.1) is 11.3 Å². The first-order valence-corrected chi connectivity index (χ1v) is 8.55. The first kappa shape index (κ1) is 17.7. The molecule has 0 radical (unpaired) electrons. The zero-order chi connectivity index (χ0) is 18.5. The zero-order valence-corrected chi connectivity index (χ0v) is 15.0. The highest BCUT2D eigenvalue weighted by Gasteiger charge is 2.12. The van der Waals surface area contributed by atoms with Crippen LogP contribution in [0.3, 0.4) is 0 Å². The monoisotopic (exact) mass is 375 g/mol. The third kappa shape index (κ3) is 4.12. The topological polar surface area (TPSA) is 91.2 Å². The third-order valence-corrected chi connectivity index (χ3v) is 4.27. The van der Waals surface area contributed by atoms with Crippen molar-refractivity contribution in [3.8, 4) is 11.5 Å². The molecule has 0 saturated heterocycles. The van der Waals surface area contributed by atoms with E-state index in [2.05, 4.69) is 10.3 Å². The van der Waals surface area contributed by atoms with Gasteiger partial charge in [0.25, 0.3) is 5.91 Å². The first-order chi connectivity index (χ1) is 12.6. The van der Waals surface area contributed by atoms with E-state index in [-0.39, 0.29) is 13.0 Å². The van der Waals surface area contributed by atoms with Gasteiger partial charge >= 0.3 is 5.97 Å². The lowest BCUT2D eigenvalue weighted by Crippen LogP contribution is -2.21. The molecule has 0 bridgehead atoms. The molecule has 136 valence electrons. The molecule has 3 rings (SSSR count). The molecule has 3 aromatic rings. The number of methoxy groups -OCH3 is 2. The molecule has 0 spiro atoms. The maximum atomic E-state index is 11.9. The fraction of sp³-hybridized carbons (Fsp3) is 0.235. The van der Waals surface area contributed by atoms with Gasteiger partial charge in [0.1, 0.15) is 0 Å². The number of hydrogen-bond acceptors (Lipinski definition) is 7. The van der Waals surface area contributed by atoms with Crippen molar-refractivity contribution < 1.29 is 23.8 Å². The summed E-state index contributed by atoms with van der Waals surface area (Å²) in [7, 11) is 3.03. The summed E-state index contributed by atoms with van der Waals surface area (Å²) in [5.74, 6) is 0.0774. The predicted molar refractivity (Wildman–Crippen MR) is 95.9 cm³/mol. The molecule has 1 aromatic carbocycles. The molecule has 1 amide bonds. The number of hydrogen-bond donors (Lipinski definition) is 1. The summed E-state index contributed by atoms with van der Waals surface area (Å²) in [6, 6.07) is 4.96. The number of ether oxygens (including phenoxy) is 3. The molecule has 0 saturated carbocycles. The Kier molecular flexibility index (Phi) is 5.37. The van der Waals surface area contributed by atoms with Crippen LogP contribution < -0.4 is 14.8 Å². The molecular formula is C17H17N3O5S. The lowest BCUT2D eigenvalue weighted by Gasteiger charge is -2.10. The van der Waals surface area contributed by atoms with Gasteiger partial charge in [-0.3, -0.25) is 14.0 Å². The SMILES string of the molecule is COc1ccc(NC(=O)COC(=O)Cc2cn3ccsc3n2)cc1OC. The van der Waals surface area contributed by atoms with E-state index in [1.54, 1.807) is 24.4 Å². The number of rotatable bonds is 7. The highest BCUT2D eigenvalue weighted by Crippen LogP contribution is 2.29. The number of thiazole rings is 1. The molecule has 9 heteroatoms. The maximum Gasteiger partial charge on any atom is 0.312 e. The van der Waals surface area contributed by atoms with Crippen LogP contribution in [0.5, 0.6) is 11.5 Å². The maximum absolute atomic E-state index is 11.9. The normalized spacial score (nSPS) is 10.5. The Hall–Kier alpha value is -3.07. The summed E-state index contributed by atoms with van der Waals surface area (Å²) >= 11 is 1.48. The summed E-state index contributed by atoms with van der Waals surface area (Å²) in [6.45, 7) is -0.380. The molecule has 0 aliphatic rings. The largest absolute Gasteiger partial charge is 0.493 e. The molecular weight excluding hydrogens is 358 g/mol. The average molecular weight is 375 g/mol. The molecule has 2 heterocycles. The van der Waals surface area contributed by atoms with E-state index in [9.17, 15) is 9.59 Å². The lowest BCUT2D eigenvalue weighted by atomic mass is 10.2. The molecule has 0 aliphatic heterocycles. The number of esters is 1. The number of carbonyl (C=O) groups excluding carboxylic acids is 2. The Balaban J connectivity index is 1.50. The van der Waals surface area contributed by atoms with Gasteiger partial charge in [-0.2, -0.15) is 0 Å². The standard InChI is InChI=1S/C17H17N3O5S/c1-23-13-4-3-11(7-14(13)24-2)18-15(21)10-25-16(22)8-12-9-20-5-6-26-17(20)19-12/h3-7,9H,8,10H2,1-2H3,(H,18,21). The molecule has 0 aliphatic carbocycles. The van der Waals surface area contributed by atoms with Crippen molar-refractivity contribution in [2.75, 3.05) is 26.1 Å². The molecule has 1 N–H and O–H groups in total. The molecule has 26 heavy (non-hydrogen) atoms. The van der Waals surface area contributed by atoms with Gasteiger partial charge in [0.2, 0.25) is 0 Å². The van der Waals surface area contributed by atoms with Gasteiger partial charge < -0.3 is 19.5 Å². The highest BCUT2D eigenvalue weighted by molar-refractivity contribution is 7.15. The predicted octanol–water partition coefficient (Wildman–Crippen LogP) is 2.14. The quantitative estimate of drug-likeness (QED) is 0.636. The van der Waals surface area contributed by atoms with Crippen molar-refractivity contribution in [1.29, 1.82) is 0 Å². The Morgan fingerprint density at radius 3 is 2.77 bits per heavy atom. The van der Waals surface area contributed by atoms with Crippen LogP contribution in [0.15, 0.2) is 36.0 Å². The zero-order valence-electron chi connectivity index (χ0n) is 14.2. The minimum atomic E-state index is -0.516. The van der Waals surface area contributed by atoms with Crippen molar-refractivity contribution >= 4 is 33.9 Å². The number of carbonyl (C=O) groups is 2. The third-order valence-electron chi connectivity index (χ3n) is 3.50. The van der Waals surface area contributed by atoms with Crippen molar-refractivity contribution in [1.82, 2.24) is 9.38 Å². The molecule has 8 nitrogen and oxygen atoms in total. The Bertz CT molecular complexity index is 905. The van der Waals surface area contributed by atoms with Crippen LogP contribution in [0.2, 0.25) is 0 Å². The van der Waals surface area contributed by atoms with E-state index in [0.29, 0.717) is 22.9 Å². The van der Waals surface area contributed by atoms with Crippen molar-refractivity contribution in [3.05, 3.63) is 41.7 Å². The fourth-order valence-corrected chi connectivity index (χ4v) is 3.04. The number of anilines is 1. The molecule has 0 atom stereocenters. The van der Waals surface area contributed by atoms with E-state index in [1.165, 1.54) is 25.6 Å².